The van der Waals surface area contributed by atoms with E-state index < -0.39 is 5.97 Å². The largest absolute Gasteiger partial charge is 0.497 e. The van der Waals surface area contributed by atoms with Gasteiger partial charge in [-0.1, -0.05) is 39.0 Å². The van der Waals surface area contributed by atoms with Crippen LogP contribution in [-0.4, -0.2) is 25.3 Å². The lowest BCUT2D eigenvalue weighted by molar-refractivity contribution is -0.137. The maximum Gasteiger partial charge on any atom is 0.303 e. The molecule has 2 atom stereocenters. The van der Waals surface area contributed by atoms with Gasteiger partial charge in [-0.25, -0.2) is 4.39 Å². The minimum atomic E-state index is -0.782. The molecular weight excluding hydrogens is 471 g/mol. The molecule has 0 spiro atoms. The standard InChI is InChI=1S/C31H35FO5/c1-31(2,3)30(36-5)27-14-19(6-12-24(27)26-16-22(35-4)11-13-28(26)32)18-37-23-10-9-20-7-8-21(15-29(33)34)25(20)17-23/h6,9-14,16-17,21,30H,7-8,15,18H2,1-5H3,(H,33,34)/t21-,30+/m1/s1. The van der Waals surface area contributed by atoms with E-state index in [1.54, 1.807) is 26.4 Å². The molecule has 0 unspecified atom stereocenters. The molecule has 0 aliphatic heterocycles. The maximum atomic E-state index is 15.0. The molecule has 0 radical (unpaired) electrons. The Labute approximate surface area is 218 Å². The third kappa shape index (κ3) is 5.96. The van der Waals surface area contributed by atoms with Crippen LogP contribution in [0.3, 0.4) is 0 Å². The number of aliphatic carboxylic acids is 1. The Morgan fingerprint density at radius 2 is 1.78 bits per heavy atom. The van der Waals surface area contributed by atoms with Gasteiger partial charge in [0, 0.05) is 12.7 Å². The summed E-state index contributed by atoms with van der Waals surface area (Å²) in [7, 11) is 3.23. The second-order valence-electron chi connectivity index (χ2n) is 10.7. The van der Waals surface area contributed by atoms with Crippen molar-refractivity contribution in [1.82, 2.24) is 0 Å². The molecule has 196 valence electrons. The summed E-state index contributed by atoms with van der Waals surface area (Å²) < 4.78 is 32.4. The molecule has 37 heavy (non-hydrogen) atoms. The Hall–Kier alpha value is -3.38. The van der Waals surface area contributed by atoms with E-state index in [1.807, 2.05) is 36.4 Å². The minimum Gasteiger partial charge on any atom is -0.497 e. The van der Waals surface area contributed by atoms with E-state index in [2.05, 4.69) is 20.8 Å². The Morgan fingerprint density at radius 1 is 1.03 bits per heavy atom. The molecule has 0 bridgehead atoms. The van der Waals surface area contributed by atoms with E-state index in [0.717, 1.165) is 35.1 Å². The summed E-state index contributed by atoms with van der Waals surface area (Å²) in [4.78, 5) is 11.3. The number of hydrogen-bond acceptors (Lipinski definition) is 4. The third-order valence-electron chi connectivity index (χ3n) is 7.03. The van der Waals surface area contributed by atoms with Gasteiger partial charge < -0.3 is 19.3 Å². The first kappa shape index (κ1) is 26.7. The number of aryl methyl sites for hydroxylation is 1. The molecule has 6 heteroatoms. The Bertz CT molecular complexity index is 1280. The van der Waals surface area contributed by atoms with Gasteiger partial charge in [-0.3, -0.25) is 4.79 Å². The summed E-state index contributed by atoms with van der Waals surface area (Å²) in [5.74, 6) is 0.200. The summed E-state index contributed by atoms with van der Waals surface area (Å²) >= 11 is 0. The Balaban J connectivity index is 1.65. The van der Waals surface area contributed by atoms with E-state index in [-0.39, 0.29) is 29.7 Å². The molecule has 0 fully saturated rings. The van der Waals surface area contributed by atoms with Crippen LogP contribution in [0, 0.1) is 11.2 Å². The van der Waals surface area contributed by atoms with Crippen LogP contribution in [0.4, 0.5) is 4.39 Å². The number of hydrogen-bond donors (Lipinski definition) is 1. The number of rotatable bonds is 9. The Kier molecular flexibility index (Phi) is 7.88. The van der Waals surface area contributed by atoms with Crippen molar-refractivity contribution in [2.45, 2.75) is 58.7 Å². The zero-order chi connectivity index (χ0) is 26.7. The van der Waals surface area contributed by atoms with Crippen LogP contribution in [0.1, 0.15) is 67.9 Å². The average Bonchev–Trinajstić information content (AvgIpc) is 3.24. The van der Waals surface area contributed by atoms with Crippen molar-refractivity contribution < 1.29 is 28.5 Å². The lowest BCUT2D eigenvalue weighted by Gasteiger charge is -2.32. The number of carbonyl (C=O) groups is 1. The van der Waals surface area contributed by atoms with E-state index in [1.165, 1.54) is 11.6 Å². The molecule has 3 aromatic rings. The summed E-state index contributed by atoms with van der Waals surface area (Å²) in [6.45, 7) is 6.59. The molecule has 1 aliphatic rings. The van der Waals surface area contributed by atoms with Gasteiger partial charge >= 0.3 is 5.97 Å². The fraction of sp³-hybridized carbons (Fsp3) is 0.387. The molecule has 5 nitrogen and oxygen atoms in total. The van der Waals surface area contributed by atoms with E-state index in [9.17, 15) is 14.3 Å². The zero-order valence-corrected chi connectivity index (χ0v) is 22.1. The van der Waals surface area contributed by atoms with Crippen molar-refractivity contribution in [2.24, 2.45) is 5.41 Å². The molecule has 3 aromatic carbocycles. The summed E-state index contributed by atoms with van der Waals surface area (Å²) in [6.07, 6.45) is 1.59. The first-order valence-corrected chi connectivity index (χ1v) is 12.6. The quantitative estimate of drug-likeness (QED) is 0.329. The maximum absolute atomic E-state index is 15.0. The predicted octanol–water partition coefficient (Wildman–Crippen LogP) is 7.32. The second kappa shape index (κ2) is 10.9. The predicted molar refractivity (Wildman–Crippen MR) is 142 cm³/mol. The fourth-order valence-electron chi connectivity index (χ4n) is 5.29. The van der Waals surface area contributed by atoms with Crippen LogP contribution in [0.15, 0.2) is 54.6 Å². The normalized spacial score (nSPS) is 15.8. The number of halogens is 1. The monoisotopic (exact) mass is 506 g/mol. The molecule has 0 saturated heterocycles. The van der Waals surface area contributed by atoms with E-state index >= 15 is 0 Å². The fourth-order valence-corrected chi connectivity index (χ4v) is 5.29. The van der Waals surface area contributed by atoms with Crippen molar-refractivity contribution in [3.63, 3.8) is 0 Å². The van der Waals surface area contributed by atoms with Crippen LogP contribution >= 0.6 is 0 Å². The van der Waals surface area contributed by atoms with Crippen LogP contribution < -0.4 is 9.47 Å². The van der Waals surface area contributed by atoms with E-state index in [4.69, 9.17) is 14.2 Å². The first-order chi connectivity index (χ1) is 17.6. The second-order valence-corrected chi connectivity index (χ2v) is 10.7. The number of methoxy groups -OCH3 is 2. The summed E-state index contributed by atoms with van der Waals surface area (Å²) in [6, 6.07) is 16.6. The van der Waals surface area contributed by atoms with E-state index in [0.29, 0.717) is 23.7 Å². The molecule has 0 amide bonds. The smallest absolute Gasteiger partial charge is 0.303 e. The number of benzene rings is 3. The minimum absolute atomic E-state index is 0.0222. The van der Waals surface area contributed by atoms with Crippen molar-refractivity contribution in [3.05, 3.63) is 82.7 Å². The highest BCUT2D eigenvalue weighted by atomic mass is 19.1. The lowest BCUT2D eigenvalue weighted by atomic mass is 9.81. The number of ether oxygens (including phenoxy) is 3. The average molecular weight is 507 g/mol. The van der Waals surface area contributed by atoms with Crippen LogP contribution in [0.25, 0.3) is 11.1 Å². The van der Waals surface area contributed by atoms with Gasteiger partial charge in [-0.15, -0.1) is 0 Å². The molecule has 0 heterocycles. The SMILES string of the molecule is COc1ccc(F)c(-c2ccc(COc3ccc4c(c3)[C@@H](CC(=O)O)CC4)cc2[C@H](OC)C(C)(C)C)c1. The van der Waals surface area contributed by atoms with Gasteiger partial charge in [0.25, 0.3) is 0 Å². The van der Waals surface area contributed by atoms with Gasteiger partial charge in [-0.2, -0.15) is 0 Å². The van der Waals surface area contributed by atoms with Crippen molar-refractivity contribution in [1.29, 1.82) is 0 Å². The molecule has 0 aromatic heterocycles. The number of fused-ring (bicyclic) bond motifs is 1. The van der Waals surface area contributed by atoms with Crippen molar-refractivity contribution in [3.8, 4) is 22.6 Å². The van der Waals surface area contributed by atoms with Gasteiger partial charge in [-0.05, 0) is 88.4 Å². The highest BCUT2D eigenvalue weighted by molar-refractivity contribution is 5.71. The van der Waals surface area contributed by atoms with Crippen LogP contribution in [0.5, 0.6) is 11.5 Å². The Morgan fingerprint density at radius 3 is 2.46 bits per heavy atom. The van der Waals surface area contributed by atoms with Crippen molar-refractivity contribution >= 4 is 5.97 Å². The van der Waals surface area contributed by atoms with Crippen molar-refractivity contribution in [2.75, 3.05) is 14.2 Å². The highest BCUT2D eigenvalue weighted by Crippen LogP contribution is 2.42. The van der Waals surface area contributed by atoms with Gasteiger partial charge in [0.05, 0.1) is 19.6 Å². The first-order valence-electron chi connectivity index (χ1n) is 12.6. The van der Waals surface area contributed by atoms with Gasteiger partial charge in [0.15, 0.2) is 0 Å². The topological polar surface area (TPSA) is 65.0 Å². The zero-order valence-electron chi connectivity index (χ0n) is 22.1. The van der Waals surface area contributed by atoms with Gasteiger partial charge in [0.2, 0.25) is 0 Å². The summed E-state index contributed by atoms with van der Waals surface area (Å²) in [5.41, 5.74) is 5.02. The third-order valence-corrected chi connectivity index (χ3v) is 7.03. The highest BCUT2D eigenvalue weighted by Gasteiger charge is 2.30. The van der Waals surface area contributed by atoms with Gasteiger partial charge in [0.1, 0.15) is 23.9 Å². The molecule has 1 N–H and O–H groups in total. The molecule has 1 aliphatic carbocycles. The number of carboxylic acids is 1. The lowest BCUT2D eigenvalue weighted by Crippen LogP contribution is -2.21. The molecule has 4 rings (SSSR count). The van der Waals surface area contributed by atoms with Crippen LogP contribution in [0.2, 0.25) is 0 Å². The molecule has 0 saturated carbocycles. The van der Waals surface area contributed by atoms with Crippen LogP contribution in [-0.2, 0) is 22.6 Å². The number of carboxylic acid groups (broad SMARTS) is 1. The molecular formula is C31H35FO5. The summed E-state index contributed by atoms with van der Waals surface area (Å²) in [5, 5.41) is 9.25.